The van der Waals surface area contributed by atoms with Crippen molar-refractivity contribution in [3.8, 4) is 11.5 Å². The zero-order chi connectivity index (χ0) is 13.4. The Kier molecular flexibility index (Phi) is 2.56. The third-order valence-corrected chi connectivity index (χ3v) is 2.82. The summed E-state index contributed by atoms with van der Waals surface area (Å²) in [5, 5.41) is 4.31. The number of hydrogen-bond donors (Lipinski definition) is 0. The van der Waals surface area contributed by atoms with Crippen molar-refractivity contribution < 1.29 is 13.9 Å². The topological polar surface area (TPSA) is 69.6 Å². The second-order valence-electron chi connectivity index (χ2n) is 4.03. The van der Waals surface area contributed by atoms with E-state index < -0.39 is 0 Å². The van der Waals surface area contributed by atoms with Gasteiger partial charge in [0.2, 0.25) is 11.6 Å². The first-order valence-electron chi connectivity index (χ1n) is 5.69. The van der Waals surface area contributed by atoms with Crippen LogP contribution in [0, 0.1) is 6.92 Å². The van der Waals surface area contributed by atoms with Crippen LogP contribution in [0.5, 0.6) is 0 Å². The molecule has 0 atom stereocenters. The summed E-state index contributed by atoms with van der Waals surface area (Å²) in [6, 6.07) is 6.87. The van der Waals surface area contributed by atoms with E-state index in [9.17, 15) is 4.79 Å². The van der Waals surface area contributed by atoms with Gasteiger partial charge in [-0.2, -0.15) is 4.52 Å². The van der Waals surface area contributed by atoms with Crippen LogP contribution >= 0.6 is 0 Å². The van der Waals surface area contributed by atoms with Gasteiger partial charge >= 0.3 is 5.97 Å². The van der Waals surface area contributed by atoms with Crippen molar-refractivity contribution in [3.63, 3.8) is 0 Å². The molecule has 0 aliphatic carbocycles. The molecule has 0 unspecified atom stereocenters. The fraction of sp³-hybridized carbons (Fsp3) is 0.154. The molecule has 3 rings (SSSR count). The number of esters is 1. The molecule has 0 bridgehead atoms. The van der Waals surface area contributed by atoms with E-state index in [1.165, 1.54) is 7.11 Å². The molecule has 0 spiro atoms. The number of carbonyl (C=O) groups is 1. The highest BCUT2D eigenvalue weighted by Crippen LogP contribution is 2.21. The molecule has 0 N–H and O–H groups in total. The van der Waals surface area contributed by atoms with Crippen molar-refractivity contribution in [2.45, 2.75) is 6.92 Å². The number of aryl methyl sites for hydroxylation is 1. The maximum atomic E-state index is 11.3. The van der Waals surface area contributed by atoms with Gasteiger partial charge < -0.3 is 9.15 Å². The highest BCUT2D eigenvalue weighted by Gasteiger charge is 2.11. The Morgan fingerprint density at radius 1 is 1.32 bits per heavy atom. The average Bonchev–Trinajstić information content (AvgIpc) is 3.01. The van der Waals surface area contributed by atoms with Gasteiger partial charge in [0.05, 0.1) is 18.9 Å². The quantitative estimate of drug-likeness (QED) is 0.657. The average molecular weight is 257 g/mol. The Balaban J connectivity index is 1.99. The van der Waals surface area contributed by atoms with E-state index in [0.29, 0.717) is 17.2 Å². The molecule has 0 saturated heterocycles. The Morgan fingerprint density at radius 3 is 2.68 bits per heavy atom. The lowest BCUT2D eigenvalue weighted by Gasteiger charge is -1.99. The molecule has 3 aromatic rings. The summed E-state index contributed by atoms with van der Waals surface area (Å²) in [6.07, 6.45) is 1.62. The van der Waals surface area contributed by atoms with Crippen molar-refractivity contribution in [1.82, 2.24) is 14.6 Å². The molecule has 0 aliphatic heterocycles. The van der Waals surface area contributed by atoms with Gasteiger partial charge in [-0.15, -0.1) is 5.10 Å². The number of methoxy groups -OCH3 is 1. The number of carbonyl (C=O) groups excluding carboxylic acids is 1. The summed E-state index contributed by atoms with van der Waals surface area (Å²) >= 11 is 0. The lowest BCUT2D eigenvalue weighted by Crippen LogP contribution is -2.00. The van der Waals surface area contributed by atoms with Crippen LogP contribution in [0.25, 0.3) is 17.2 Å². The van der Waals surface area contributed by atoms with Crippen LogP contribution in [-0.4, -0.2) is 27.7 Å². The Morgan fingerprint density at radius 2 is 2.05 bits per heavy atom. The van der Waals surface area contributed by atoms with Gasteiger partial charge in [-0.25, -0.2) is 9.78 Å². The predicted octanol–water partition coefficient (Wildman–Crippen LogP) is 2.08. The van der Waals surface area contributed by atoms with Crippen LogP contribution in [0.2, 0.25) is 0 Å². The Hall–Kier alpha value is -2.63. The molecule has 0 saturated carbocycles. The predicted molar refractivity (Wildman–Crippen MR) is 66.8 cm³/mol. The molecule has 6 nitrogen and oxygen atoms in total. The van der Waals surface area contributed by atoms with Gasteiger partial charge in [-0.05, 0) is 31.2 Å². The van der Waals surface area contributed by atoms with Gasteiger partial charge in [0.15, 0.2) is 0 Å². The summed E-state index contributed by atoms with van der Waals surface area (Å²) in [4.78, 5) is 15.4. The molecule has 0 amide bonds. The third-order valence-electron chi connectivity index (χ3n) is 2.82. The largest absolute Gasteiger partial charge is 0.465 e. The number of aromatic nitrogens is 3. The lowest BCUT2D eigenvalue weighted by molar-refractivity contribution is 0.0601. The number of imidazole rings is 1. The van der Waals surface area contributed by atoms with Crippen LogP contribution in [0.1, 0.15) is 16.2 Å². The van der Waals surface area contributed by atoms with Crippen molar-refractivity contribution in [3.05, 3.63) is 41.9 Å². The minimum atomic E-state index is -0.368. The van der Waals surface area contributed by atoms with Crippen LogP contribution in [0.15, 0.2) is 34.9 Å². The lowest BCUT2D eigenvalue weighted by atomic mass is 10.1. The van der Waals surface area contributed by atoms with E-state index >= 15 is 0 Å². The standard InChI is InChI=1S/C13H11N3O3/c1-8-14-7-11-16(8)15-12(19-11)9-3-5-10(6-4-9)13(17)18-2/h3-7H,1-2H3. The molecule has 96 valence electrons. The second kappa shape index (κ2) is 4.24. The molecule has 1 aromatic carbocycles. The summed E-state index contributed by atoms with van der Waals surface area (Å²) in [6.45, 7) is 1.85. The number of fused-ring (bicyclic) bond motifs is 1. The number of benzene rings is 1. The summed E-state index contributed by atoms with van der Waals surface area (Å²) < 4.78 is 11.8. The van der Waals surface area contributed by atoms with Gasteiger partial charge in [-0.1, -0.05) is 0 Å². The number of rotatable bonds is 2. The normalized spacial score (nSPS) is 10.8. The van der Waals surface area contributed by atoms with Crippen molar-refractivity contribution >= 4 is 11.7 Å². The second-order valence-corrected chi connectivity index (χ2v) is 4.03. The first kappa shape index (κ1) is 11.5. The molecule has 0 radical (unpaired) electrons. The highest BCUT2D eigenvalue weighted by molar-refractivity contribution is 5.89. The fourth-order valence-corrected chi connectivity index (χ4v) is 1.80. The molecule has 0 aliphatic rings. The molecular weight excluding hydrogens is 246 g/mol. The Bertz CT molecular complexity index is 740. The number of ether oxygens (including phenoxy) is 1. The van der Waals surface area contributed by atoms with Crippen molar-refractivity contribution in [2.24, 2.45) is 0 Å². The van der Waals surface area contributed by atoms with Crippen LogP contribution in [0.4, 0.5) is 0 Å². The molecule has 19 heavy (non-hydrogen) atoms. The summed E-state index contributed by atoms with van der Waals surface area (Å²) in [5.41, 5.74) is 1.86. The smallest absolute Gasteiger partial charge is 0.337 e. The van der Waals surface area contributed by atoms with Gasteiger partial charge in [0.25, 0.3) is 0 Å². The van der Waals surface area contributed by atoms with Gasteiger partial charge in [0, 0.05) is 5.56 Å². The minimum absolute atomic E-state index is 0.368. The van der Waals surface area contributed by atoms with Crippen LogP contribution < -0.4 is 0 Å². The highest BCUT2D eigenvalue weighted by atomic mass is 16.5. The number of nitrogens with zero attached hydrogens (tertiary/aromatic N) is 3. The van der Waals surface area contributed by atoms with Crippen LogP contribution in [0.3, 0.4) is 0 Å². The monoisotopic (exact) mass is 257 g/mol. The summed E-state index contributed by atoms with van der Waals surface area (Å²) in [5.74, 6) is 0.875. The van der Waals surface area contributed by atoms with Gasteiger partial charge in [-0.3, -0.25) is 0 Å². The van der Waals surface area contributed by atoms with Crippen molar-refractivity contribution in [2.75, 3.05) is 7.11 Å². The van der Waals surface area contributed by atoms with E-state index in [1.54, 1.807) is 35.0 Å². The van der Waals surface area contributed by atoms with E-state index in [1.807, 2.05) is 6.92 Å². The SMILES string of the molecule is COC(=O)c1ccc(-c2nn3c(C)ncc3o2)cc1. The summed E-state index contributed by atoms with van der Waals surface area (Å²) in [7, 11) is 1.35. The minimum Gasteiger partial charge on any atom is -0.465 e. The van der Waals surface area contributed by atoms with E-state index in [4.69, 9.17) is 4.42 Å². The fourth-order valence-electron chi connectivity index (χ4n) is 1.80. The van der Waals surface area contributed by atoms with E-state index in [-0.39, 0.29) is 5.97 Å². The zero-order valence-corrected chi connectivity index (χ0v) is 10.5. The first-order valence-corrected chi connectivity index (χ1v) is 5.69. The first-order chi connectivity index (χ1) is 9.19. The Labute approximate surface area is 108 Å². The van der Waals surface area contributed by atoms with E-state index in [2.05, 4.69) is 14.8 Å². The maximum Gasteiger partial charge on any atom is 0.337 e. The molecule has 6 heteroatoms. The zero-order valence-electron chi connectivity index (χ0n) is 10.5. The van der Waals surface area contributed by atoms with Crippen molar-refractivity contribution in [1.29, 1.82) is 0 Å². The van der Waals surface area contributed by atoms with Crippen LogP contribution in [-0.2, 0) is 4.74 Å². The molecular formula is C13H11N3O3. The number of hydrogen-bond acceptors (Lipinski definition) is 5. The molecule has 2 heterocycles. The maximum absolute atomic E-state index is 11.3. The molecule has 0 fully saturated rings. The molecule has 2 aromatic heterocycles. The third kappa shape index (κ3) is 1.87. The van der Waals surface area contributed by atoms with E-state index in [0.717, 1.165) is 11.4 Å². The van der Waals surface area contributed by atoms with Gasteiger partial charge in [0.1, 0.15) is 5.82 Å².